The molecule has 0 saturated carbocycles. The molecule has 0 radical (unpaired) electrons. The molecule has 4 rings (SSSR count). The van der Waals surface area contributed by atoms with Crippen LogP contribution >= 0.6 is 11.6 Å². The highest BCUT2D eigenvalue weighted by Crippen LogP contribution is 2.27. The van der Waals surface area contributed by atoms with Crippen LogP contribution in [0, 0.1) is 0 Å². The topological polar surface area (TPSA) is 56.5 Å². The van der Waals surface area contributed by atoms with Gasteiger partial charge in [-0.3, -0.25) is 4.99 Å². The monoisotopic (exact) mass is 351 g/mol. The third-order valence-electron chi connectivity index (χ3n) is 4.07. The van der Waals surface area contributed by atoms with E-state index in [2.05, 4.69) is 5.10 Å². The lowest BCUT2D eigenvalue weighted by molar-refractivity contribution is 0.0593. The minimum absolute atomic E-state index is 0.261. The van der Waals surface area contributed by atoms with Crippen molar-refractivity contribution in [2.45, 2.75) is 6.54 Å². The number of carbonyl (C=O) groups excluding carboxylic acids is 1. The zero-order valence-corrected chi connectivity index (χ0v) is 14.2. The van der Waals surface area contributed by atoms with Crippen LogP contribution in [0.4, 0.5) is 0 Å². The van der Waals surface area contributed by atoms with Crippen molar-refractivity contribution in [2.75, 3.05) is 7.11 Å². The standard InChI is InChI=1S/C19H14ClN3O2/c1-25-19(24)16-10-14-11-21-18(12-5-3-2-4-6-12)15-9-13(20)7-8-17(15)23(14)22-16/h2-10H,11H2,1H3. The van der Waals surface area contributed by atoms with E-state index < -0.39 is 5.97 Å². The Labute approximate surface area is 149 Å². The average molecular weight is 352 g/mol. The van der Waals surface area contributed by atoms with Gasteiger partial charge in [-0.05, 0) is 24.3 Å². The lowest BCUT2D eigenvalue weighted by Gasteiger charge is -2.11. The molecular formula is C19H14ClN3O2. The lowest BCUT2D eigenvalue weighted by atomic mass is 10.0. The van der Waals surface area contributed by atoms with E-state index in [-0.39, 0.29) is 5.69 Å². The predicted molar refractivity (Wildman–Crippen MR) is 95.7 cm³/mol. The molecule has 0 atom stereocenters. The Hall–Kier alpha value is -2.92. The SMILES string of the molecule is COC(=O)c1cc2n(n1)-c1ccc(Cl)cc1C(c1ccccc1)=NC2. The maximum absolute atomic E-state index is 11.8. The van der Waals surface area contributed by atoms with Crippen LogP contribution in [0.25, 0.3) is 5.69 Å². The third-order valence-corrected chi connectivity index (χ3v) is 4.30. The smallest absolute Gasteiger partial charge is 0.358 e. The van der Waals surface area contributed by atoms with Gasteiger partial charge in [0.15, 0.2) is 5.69 Å². The Balaban J connectivity index is 1.93. The van der Waals surface area contributed by atoms with E-state index in [9.17, 15) is 4.79 Å². The van der Waals surface area contributed by atoms with Crippen LogP contribution in [-0.2, 0) is 11.3 Å². The number of ether oxygens (including phenoxy) is 1. The second-order valence-corrected chi connectivity index (χ2v) is 6.05. The number of aliphatic imine (C=N–C) groups is 1. The summed E-state index contributed by atoms with van der Waals surface area (Å²) >= 11 is 6.23. The fraction of sp³-hybridized carbons (Fsp3) is 0.105. The molecule has 0 bridgehead atoms. The first-order valence-corrected chi connectivity index (χ1v) is 8.12. The van der Waals surface area contributed by atoms with E-state index in [1.54, 1.807) is 16.8 Å². The van der Waals surface area contributed by atoms with Crippen LogP contribution < -0.4 is 0 Å². The van der Waals surface area contributed by atoms with Crippen molar-refractivity contribution in [1.29, 1.82) is 0 Å². The van der Waals surface area contributed by atoms with Gasteiger partial charge in [0.2, 0.25) is 0 Å². The van der Waals surface area contributed by atoms with Gasteiger partial charge >= 0.3 is 5.97 Å². The minimum Gasteiger partial charge on any atom is -0.464 e. The fourth-order valence-corrected chi connectivity index (χ4v) is 3.09. The molecule has 5 nitrogen and oxygen atoms in total. The summed E-state index contributed by atoms with van der Waals surface area (Å²) in [6.45, 7) is 0.403. The zero-order valence-electron chi connectivity index (χ0n) is 13.4. The molecule has 25 heavy (non-hydrogen) atoms. The van der Waals surface area contributed by atoms with E-state index in [0.29, 0.717) is 11.6 Å². The second-order valence-electron chi connectivity index (χ2n) is 5.62. The van der Waals surface area contributed by atoms with Gasteiger partial charge in [0.1, 0.15) is 0 Å². The van der Waals surface area contributed by atoms with Crippen LogP contribution in [0.1, 0.15) is 27.3 Å². The summed E-state index contributed by atoms with van der Waals surface area (Å²) in [6.07, 6.45) is 0. The maximum Gasteiger partial charge on any atom is 0.358 e. The summed E-state index contributed by atoms with van der Waals surface area (Å²) in [5.41, 5.74) is 4.63. The Morgan fingerprint density at radius 2 is 1.96 bits per heavy atom. The molecule has 0 amide bonds. The van der Waals surface area contributed by atoms with Gasteiger partial charge in [-0.1, -0.05) is 41.9 Å². The summed E-state index contributed by atoms with van der Waals surface area (Å²) in [4.78, 5) is 16.6. The fourth-order valence-electron chi connectivity index (χ4n) is 2.92. The van der Waals surface area contributed by atoms with Crippen molar-refractivity contribution in [2.24, 2.45) is 4.99 Å². The Morgan fingerprint density at radius 1 is 1.16 bits per heavy atom. The van der Waals surface area contributed by atoms with Gasteiger partial charge in [0.25, 0.3) is 0 Å². The van der Waals surface area contributed by atoms with Crippen LogP contribution in [0.3, 0.4) is 0 Å². The first-order chi connectivity index (χ1) is 12.2. The summed E-state index contributed by atoms with van der Waals surface area (Å²) in [5, 5.41) is 5.02. The van der Waals surface area contributed by atoms with Crippen molar-refractivity contribution >= 4 is 23.3 Å². The number of rotatable bonds is 2. The minimum atomic E-state index is -0.469. The number of methoxy groups -OCH3 is 1. The van der Waals surface area contributed by atoms with Gasteiger partial charge in [-0.15, -0.1) is 0 Å². The number of nitrogens with zero attached hydrogens (tertiary/aromatic N) is 3. The highest BCUT2D eigenvalue weighted by molar-refractivity contribution is 6.31. The van der Waals surface area contributed by atoms with Crippen LogP contribution in [0.2, 0.25) is 5.02 Å². The number of benzene rings is 2. The Kier molecular flexibility index (Phi) is 3.86. The van der Waals surface area contributed by atoms with Crippen LogP contribution in [0.15, 0.2) is 59.6 Å². The van der Waals surface area contributed by atoms with Crippen molar-refractivity contribution in [3.8, 4) is 5.69 Å². The first-order valence-electron chi connectivity index (χ1n) is 7.75. The summed E-state index contributed by atoms with van der Waals surface area (Å²) in [6, 6.07) is 17.2. The number of esters is 1. The molecule has 0 unspecified atom stereocenters. The van der Waals surface area contributed by atoms with Gasteiger partial charge in [-0.2, -0.15) is 5.10 Å². The molecule has 6 heteroatoms. The molecule has 1 aliphatic heterocycles. The van der Waals surface area contributed by atoms with Crippen molar-refractivity contribution in [3.05, 3.63) is 82.1 Å². The largest absolute Gasteiger partial charge is 0.464 e. The molecule has 0 aliphatic carbocycles. The Bertz CT molecular complexity index is 993. The van der Waals surface area contributed by atoms with Gasteiger partial charge in [0, 0.05) is 16.1 Å². The number of hydrogen-bond acceptors (Lipinski definition) is 4. The molecule has 2 heterocycles. The number of hydrogen-bond donors (Lipinski definition) is 0. The quantitative estimate of drug-likeness (QED) is 0.662. The number of fused-ring (bicyclic) bond motifs is 3. The second kappa shape index (κ2) is 6.18. The molecular weight excluding hydrogens is 338 g/mol. The summed E-state index contributed by atoms with van der Waals surface area (Å²) < 4.78 is 6.50. The van der Waals surface area contributed by atoms with Crippen molar-refractivity contribution < 1.29 is 9.53 Å². The predicted octanol–water partition coefficient (Wildman–Crippen LogP) is 3.66. The number of carbonyl (C=O) groups is 1. The normalized spacial score (nSPS) is 12.6. The molecule has 3 aromatic rings. The molecule has 1 aromatic heterocycles. The van der Waals surface area contributed by atoms with E-state index in [1.165, 1.54) is 7.11 Å². The Morgan fingerprint density at radius 3 is 2.72 bits per heavy atom. The average Bonchev–Trinajstić information content (AvgIpc) is 3.00. The van der Waals surface area contributed by atoms with Gasteiger partial charge in [-0.25, -0.2) is 9.48 Å². The van der Waals surface area contributed by atoms with Gasteiger partial charge < -0.3 is 4.74 Å². The van der Waals surface area contributed by atoms with E-state index in [0.717, 1.165) is 28.2 Å². The summed E-state index contributed by atoms with van der Waals surface area (Å²) in [5.74, 6) is -0.469. The highest BCUT2D eigenvalue weighted by Gasteiger charge is 2.22. The van der Waals surface area contributed by atoms with E-state index in [1.807, 2.05) is 42.5 Å². The number of aromatic nitrogens is 2. The molecule has 2 aromatic carbocycles. The maximum atomic E-state index is 11.8. The summed E-state index contributed by atoms with van der Waals surface area (Å²) in [7, 11) is 1.34. The molecule has 0 N–H and O–H groups in total. The molecule has 0 saturated heterocycles. The lowest BCUT2D eigenvalue weighted by Crippen LogP contribution is -2.09. The molecule has 0 fully saturated rings. The molecule has 124 valence electrons. The van der Waals surface area contributed by atoms with Crippen LogP contribution in [0.5, 0.6) is 0 Å². The number of halogens is 1. The first kappa shape index (κ1) is 15.6. The van der Waals surface area contributed by atoms with E-state index in [4.69, 9.17) is 21.3 Å². The molecule has 1 aliphatic rings. The van der Waals surface area contributed by atoms with E-state index >= 15 is 0 Å². The van der Waals surface area contributed by atoms with Crippen LogP contribution in [-0.4, -0.2) is 28.6 Å². The van der Waals surface area contributed by atoms with Crippen molar-refractivity contribution in [1.82, 2.24) is 9.78 Å². The third kappa shape index (κ3) is 2.72. The van der Waals surface area contributed by atoms with Gasteiger partial charge in [0.05, 0.1) is 30.7 Å². The van der Waals surface area contributed by atoms with Crippen molar-refractivity contribution in [3.63, 3.8) is 0 Å². The molecule has 0 spiro atoms. The zero-order chi connectivity index (χ0) is 17.4. The highest BCUT2D eigenvalue weighted by atomic mass is 35.5.